The van der Waals surface area contributed by atoms with Gasteiger partial charge in [0.25, 0.3) is 0 Å². The number of rotatable bonds is 1. The van der Waals surface area contributed by atoms with Crippen LogP contribution in [-0.2, 0) is 10.3 Å². The zero-order chi connectivity index (χ0) is 9.47. The van der Waals surface area contributed by atoms with Crippen molar-refractivity contribution in [2.24, 2.45) is 0 Å². The van der Waals surface area contributed by atoms with Gasteiger partial charge in [-0.15, -0.1) is 0 Å². The molecular weight excluding hydrogens is 163 g/mol. The number of benzene rings is 1. The second kappa shape index (κ2) is 2.86. The Bertz CT molecular complexity index is 326. The van der Waals surface area contributed by atoms with Crippen LogP contribution >= 0.6 is 0 Å². The summed E-state index contributed by atoms with van der Waals surface area (Å²) in [6, 6.07) is 7.84. The van der Waals surface area contributed by atoms with Crippen molar-refractivity contribution in [3.63, 3.8) is 0 Å². The first-order valence-corrected chi connectivity index (χ1v) is 4.62. The standard InChI is InChI=1S/C10H13BO2/c1-3-10(2)8-6-4-5-7-9(8)11(12)13-10/h4-7,12H,3H2,1-2H3. The fourth-order valence-electron chi connectivity index (χ4n) is 1.84. The van der Waals surface area contributed by atoms with Crippen molar-refractivity contribution in [1.29, 1.82) is 0 Å². The molecule has 3 heteroatoms. The molecule has 68 valence electrons. The summed E-state index contributed by atoms with van der Waals surface area (Å²) in [5.41, 5.74) is 1.72. The maximum Gasteiger partial charge on any atom is 0.492 e. The molecule has 2 nitrogen and oxygen atoms in total. The van der Waals surface area contributed by atoms with Gasteiger partial charge in [0, 0.05) is 0 Å². The summed E-state index contributed by atoms with van der Waals surface area (Å²) >= 11 is 0. The van der Waals surface area contributed by atoms with Gasteiger partial charge in [-0.1, -0.05) is 31.2 Å². The minimum Gasteiger partial charge on any atom is -0.423 e. The van der Waals surface area contributed by atoms with Gasteiger partial charge in [0.15, 0.2) is 0 Å². The van der Waals surface area contributed by atoms with Crippen LogP contribution in [0.3, 0.4) is 0 Å². The second-order valence-corrected chi connectivity index (χ2v) is 3.64. The lowest BCUT2D eigenvalue weighted by atomic mass is 9.78. The van der Waals surface area contributed by atoms with E-state index in [1.165, 1.54) is 0 Å². The Labute approximate surface area is 78.7 Å². The Morgan fingerprint density at radius 2 is 2.15 bits per heavy atom. The zero-order valence-electron chi connectivity index (χ0n) is 7.95. The van der Waals surface area contributed by atoms with Crippen LogP contribution in [0.4, 0.5) is 0 Å². The van der Waals surface area contributed by atoms with Gasteiger partial charge in [-0.2, -0.15) is 0 Å². The highest BCUT2D eigenvalue weighted by Gasteiger charge is 2.41. The number of hydrogen-bond acceptors (Lipinski definition) is 2. The first kappa shape index (κ1) is 8.79. The van der Waals surface area contributed by atoms with E-state index in [1.54, 1.807) is 0 Å². The van der Waals surface area contributed by atoms with E-state index in [1.807, 2.05) is 31.2 Å². The van der Waals surface area contributed by atoms with Crippen LogP contribution in [0.1, 0.15) is 25.8 Å². The monoisotopic (exact) mass is 176 g/mol. The molecular formula is C10H13BO2. The molecule has 0 saturated heterocycles. The molecule has 0 amide bonds. The van der Waals surface area contributed by atoms with Crippen molar-refractivity contribution in [3.05, 3.63) is 29.8 Å². The molecule has 1 aliphatic heterocycles. The molecule has 1 atom stereocenters. The van der Waals surface area contributed by atoms with Crippen LogP contribution in [0, 0.1) is 0 Å². The lowest BCUT2D eigenvalue weighted by Crippen LogP contribution is -2.28. The van der Waals surface area contributed by atoms with Crippen LogP contribution in [0.15, 0.2) is 24.3 Å². The topological polar surface area (TPSA) is 29.5 Å². The van der Waals surface area contributed by atoms with E-state index in [-0.39, 0.29) is 5.60 Å². The zero-order valence-corrected chi connectivity index (χ0v) is 7.95. The third kappa shape index (κ3) is 1.19. The van der Waals surface area contributed by atoms with Gasteiger partial charge in [-0.25, -0.2) is 0 Å². The van der Waals surface area contributed by atoms with E-state index in [0.29, 0.717) is 0 Å². The molecule has 1 aromatic rings. The first-order valence-electron chi connectivity index (χ1n) is 4.62. The van der Waals surface area contributed by atoms with Crippen molar-refractivity contribution in [3.8, 4) is 0 Å². The normalized spacial score (nSPS) is 26.2. The lowest BCUT2D eigenvalue weighted by Gasteiger charge is -2.23. The average molecular weight is 176 g/mol. The molecule has 0 bridgehead atoms. The molecule has 0 spiro atoms. The fourth-order valence-corrected chi connectivity index (χ4v) is 1.84. The van der Waals surface area contributed by atoms with Gasteiger partial charge < -0.3 is 9.68 Å². The van der Waals surface area contributed by atoms with Crippen molar-refractivity contribution >= 4 is 12.6 Å². The summed E-state index contributed by atoms with van der Waals surface area (Å²) in [6.07, 6.45) is 0.876. The van der Waals surface area contributed by atoms with Crippen LogP contribution in [0.25, 0.3) is 0 Å². The maximum atomic E-state index is 9.63. The summed E-state index contributed by atoms with van der Waals surface area (Å²) in [5.74, 6) is 0. The quantitative estimate of drug-likeness (QED) is 0.647. The van der Waals surface area contributed by atoms with E-state index >= 15 is 0 Å². The van der Waals surface area contributed by atoms with Crippen molar-refractivity contribution in [2.75, 3.05) is 0 Å². The first-order chi connectivity index (χ1) is 6.17. The molecule has 0 aliphatic carbocycles. The Morgan fingerprint density at radius 1 is 1.46 bits per heavy atom. The summed E-state index contributed by atoms with van der Waals surface area (Å²) < 4.78 is 5.52. The minimum atomic E-state index is -0.749. The molecule has 2 rings (SSSR count). The average Bonchev–Trinajstić information content (AvgIpc) is 2.42. The molecule has 0 fully saturated rings. The summed E-state index contributed by atoms with van der Waals surface area (Å²) in [7, 11) is -0.749. The van der Waals surface area contributed by atoms with E-state index in [9.17, 15) is 5.02 Å². The molecule has 0 aromatic heterocycles. The third-order valence-electron chi connectivity index (χ3n) is 2.84. The van der Waals surface area contributed by atoms with Crippen LogP contribution in [0.2, 0.25) is 0 Å². The van der Waals surface area contributed by atoms with E-state index in [0.717, 1.165) is 17.4 Å². The molecule has 0 radical (unpaired) electrons. The molecule has 0 saturated carbocycles. The lowest BCUT2D eigenvalue weighted by molar-refractivity contribution is 0.0761. The Morgan fingerprint density at radius 3 is 2.85 bits per heavy atom. The Balaban J connectivity index is 2.53. The van der Waals surface area contributed by atoms with Crippen molar-refractivity contribution in [1.82, 2.24) is 0 Å². The maximum absolute atomic E-state index is 9.63. The Hall–Kier alpha value is -0.795. The van der Waals surface area contributed by atoms with Crippen molar-refractivity contribution < 1.29 is 9.68 Å². The van der Waals surface area contributed by atoms with E-state index < -0.39 is 7.12 Å². The number of hydrogen-bond donors (Lipinski definition) is 1. The minimum absolute atomic E-state index is 0.310. The molecule has 13 heavy (non-hydrogen) atoms. The molecule has 1 aromatic carbocycles. The summed E-state index contributed by atoms with van der Waals surface area (Å²) in [4.78, 5) is 0. The van der Waals surface area contributed by atoms with Crippen LogP contribution in [-0.4, -0.2) is 12.1 Å². The van der Waals surface area contributed by atoms with Gasteiger partial charge in [-0.3, -0.25) is 0 Å². The largest absolute Gasteiger partial charge is 0.492 e. The highest BCUT2D eigenvalue weighted by molar-refractivity contribution is 6.61. The van der Waals surface area contributed by atoms with E-state index in [4.69, 9.17) is 4.65 Å². The smallest absolute Gasteiger partial charge is 0.423 e. The molecule has 1 unspecified atom stereocenters. The van der Waals surface area contributed by atoms with Gasteiger partial charge in [0.1, 0.15) is 0 Å². The summed E-state index contributed by atoms with van der Waals surface area (Å²) in [5, 5.41) is 9.63. The van der Waals surface area contributed by atoms with Gasteiger partial charge >= 0.3 is 7.12 Å². The third-order valence-corrected chi connectivity index (χ3v) is 2.84. The second-order valence-electron chi connectivity index (χ2n) is 3.64. The molecule has 1 N–H and O–H groups in total. The number of fused-ring (bicyclic) bond motifs is 1. The fraction of sp³-hybridized carbons (Fsp3) is 0.400. The predicted octanol–water partition coefficient (Wildman–Crippen LogP) is 1.03. The summed E-state index contributed by atoms with van der Waals surface area (Å²) in [6.45, 7) is 4.08. The molecule has 1 aliphatic rings. The van der Waals surface area contributed by atoms with Gasteiger partial charge in [0.05, 0.1) is 5.60 Å². The van der Waals surface area contributed by atoms with Gasteiger partial charge in [-0.05, 0) is 24.4 Å². The van der Waals surface area contributed by atoms with Gasteiger partial charge in [0.2, 0.25) is 0 Å². The van der Waals surface area contributed by atoms with Crippen LogP contribution < -0.4 is 5.46 Å². The van der Waals surface area contributed by atoms with Crippen LogP contribution in [0.5, 0.6) is 0 Å². The van der Waals surface area contributed by atoms with E-state index in [2.05, 4.69) is 6.92 Å². The molecule has 1 heterocycles. The van der Waals surface area contributed by atoms with Crippen molar-refractivity contribution in [2.45, 2.75) is 25.9 Å². The predicted molar refractivity (Wildman–Crippen MR) is 52.8 cm³/mol. The highest BCUT2D eigenvalue weighted by atomic mass is 16.5. The Kier molecular flexibility index (Phi) is 1.93. The SMILES string of the molecule is CCC1(C)OB(O)c2ccccc21. The highest BCUT2D eigenvalue weighted by Crippen LogP contribution is 2.32.